The van der Waals surface area contributed by atoms with Crippen LogP contribution >= 0.6 is 23.2 Å². The number of amides is 1. The summed E-state index contributed by atoms with van der Waals surface area (Å²) in [4.78, 5) is 20.3. The predicted molar refractivity (Wildman–Crippen MR) is 124 cm³/mol. The van der Waals surface area contributed by atoms with E-state index >= 15 is 0 Å². The molecule has 1 heterocycles. The molecule has 8 heteroatoms. The Morgan fingerprint density at radius 3 is 2.58 bits per heavy atom. The number of aromatic nitrogens is 2. The Morgan fingerprint density at radius 1 is 1.13 bits per heavy atom. The number of fused-ring (bicyclic) bond motifs is 1. The number of carbonyl (C=O) groups excluding carboxylic acids is 1. The summed E-state index contributed by atoms with van der Waals surface area (Å²) in [6, 6.07) is 18.4. The van der Waals surface area contributed by atoms with Crippen molar-refractivity contribution in [3.05, 3.63) is 81.8 Å². The molecule has 2 N–H and O–H groups in total. The van der Waals surface area contributed by atoms with Crippen molar-refractivity contribution in [2.75, 3.05) is 6.61 Å². The standard InChI is InChI=1S/C23H18Cl2N4O2/c1-2-31-21-17(24)10-14(11-18(21)25)13-26-29-23(30)16-8-9-19-20(12-16)28-22(27-19)15-6-4-3-5-7-15/h3-13H,2H2,1H3,(H,27,28)(H,29,30)/b26-13+. The van der Waals surface area contributed by atoms with E-state index in [-0.39, 0.29) is 5.91 Å². The molecular weight excluding hydrogens is 435 g/mol. The van der Waals surface area contributed by atoms with E-state index in [1.54, 1.807) is 30.3 Å². The van der Waals surface area contributed by atoms with Crippen molar-refractivity contribution in [3.8, 4) is 17.1 Å². The summed E-state index contributed by atoms with van der Waals surface area (Å²) in [5, 5.41) is 4.75. The molecule has 3 aromatic carbocycles. The molecule has 0 unspecified atom stereocenters. The van der Waals surface area contributed by atoms with Crippen LogP contribution in [0, 0.1) is 0 Å². The van der Waals surface area contributed by atoms with E-state index < -0.39 is 0 Å². The number of carbonyl (C=O) groups is 1. The summed E-state index contributed by atoms with van der Waals surface area (Å²) in [5.41, 5.74) is 6.11. The minimum Gasteiger partial charge on any atom is -0.491 e. The van der Waals surface area contributed by atoms with Crippen molar-refractivity contribution in [2.45, 2.75) is 6.92 Å². The number of imidazole rings is 1. The molecule has 0 fully saturated rings. The summed E-state index contributed by atoms with van der Waals surface area (Å²) in [6.07, 6.45) is 1.47. The zero-order chi connectivity index (χ0) is 21.8. The summed E-state index contributed by atoms with van der Waals surface area (Å²) >= 11 is 12.4. The van der Waals surface area contributed by atoms with Gasteiger partial charge >= 0.3 is 0 Å². The lowest BCUT2D eigenvalue weighted by atomic mass is 10.2. The van der Waals surface area contributed by atoms with Crippen LogP contribution in [0.5, 0.6) is 5.75 Å². The topological polar surface area (TPSA) is 79.4 Å². The van der Waals surface area contributed by atoms with Crippen molar-refractivity contribution in [2.24, 2.45) is 5.10 Å². The van der Waals surface area contributed by atoms with E-state index in [2.05, 4.69) is 20.5 Å². The van der Waals surface area contributed by atoms with Crippen molar-refractivity contribution in [1.82, 2.24) is 15.4 Å². The molecule has 0 radical (unpaired) electrons. The third kappa shape index (κ3) is 4.71. The number of halogens is 2. The third-order valence-corrected chi connectivity index (χ3v) is 5.04. The lowest BCUT2D eigenvalue weighted by Gasteiger charge is -2.08. The SMILES string of the molecule is CCOc1c(Cl)cc(/C=N/NC(=O)c2ccc3nc(-c4ccccc4)[nH]c3c2)cc1Cl. The van der Waals surface area contributed by atoms with Crippen LogP contribution in [0.1, 0.15) is 22.8 Å². The highest BCUT2D eigenvalue weighted by Crippen LogP contribution is 2.33. The number of benzene rings is 3. The Labute approximate surface area is 188 Å². The number of hydrogen-bond acceptors (Lipinski definition) is 4. The molecule has 4 aromatic rings. The highest BCUT2D eigenvalue weighted by molar-refractivity contribution is 6.37. The first-order valence-corrected chi connectivity index (χ1v) is 10.3. The summed E-state index contributed by atoms with van der Waals surface area (Å²) < 4.78 is 5.40. The number of hydrogen-bond donors (Lipinski definition) is 2. The van der Waals surface area contributed by atoms with Gasteiger partial charge in [0.1, 0.15) is 5.82 Å². The van der Waals surface area contributed by atoms with Gasteiger partial charge in [0.15, 0.2) is 5.75 Å². The van der Waals surface area contributed by atoms with E-state index in [9.17, 15) is 4.79 Å². The number of nitrogens with zero attached hydrogens (tertiary/aromatic N) is 2. The number of H-pyrrole nitrogens is 1. The highest BCUT2D eigenvalue weighted by Gasteiger charge is 2.11. The quantitative estimate of drug-likeness (QED) is 0.290. The highest BCUT2D eigenvalue weighted by atomic mass is 35.5. The second kappa shape index (κ2) is 9.20. The largest absolute Gasteiger partial charge is 0.491 e. The lowest BCUT2D eigenvalue weighted by Crippen LogP contribution is -2.17. The van der Waals surface area contributed by atoms with Gasteiger partial charge in [0.25, 0.3) is 5.91 Å². The van der Waals surface area contributed by atoms with Gasteiger partial charge in [0.2, 0.25) is 0 Å². The Balaban J connectivity index is 1.48. The molecule has 6 nitrogen and oxygen atoms in total. The normalized spacial score (nSPS) is 11.2. The van der Waals surface area contributed by atoms with Crippen molar-refractivity contribution >= 4 is 46.4 Å². The maximum atomic E-state index is 12.5. The van der Waals surface area contributed by atoms with E-state index in [0.717, 1.165) is 22.4 Å². The fourth-order valence-corrected chi connectivity index (χ4v) is 3.66. The molecule has 0 aliphatic heterocycles. The van der Waals surface area contributed by atoms with Crippen LogP contribution < -0.4 is 10.2 Å². The molecule has 0 aliphatic rings. The first-order valence-electron chi connectivity index (χ1n) is 9.55. The maximum absolute atomic E-state index is 12.5. The van der Waals surface area contributed by atoms with Crippen LogP contribution in [0.2, 0.25) is 10.0 Å². The van der Waals surface area contributed by atoms with Crippen molar-refractivity contribution in [3.63, 3.8) is 0 Å². The number of hydrazone groups is 1. The van der Waals surface area contributed by atoms with Gasteiger partial charge in [0.05, 0.1) is 33.9 Å². The molecule has 31 heavy (non-hydrogen) atoms. The zero-order valence-corrected chi connectivity index (χ0v) is 18.0. The van der Waals surface area contributed by atoms with Crippen LogP contribution in [-0.2, 0) is 0 Å². The smallest absolute Gasteiger partial charge is 0.271 e. The van der Waals surface area contributed by atoms with Gasteiger partial charge in [-0.05, 0) is 42.8 Å². The molecule has 0 saturated carbocycles. The van der Waals surface area contributed by atoms with Gasteiger partial charge in [-0.2, -0.15) is 5.10 Å². The molecule has 4 rings (SSSR count). The molecule has 0 bridgehead atoms. The predicted octanol–water partition coefficient (Wildman–Crippen LogP) is 5.70. The Morgan fingerprint density at radius 2 is 1.87 bits per heavy atom. The Bertz CT molecular complexity index is 1250. The first-order chi connectivity index (χ1) is 15.0. The van der Waals surface area contributed by atoms with E-state index in [1.165, 1.54) is 6.21 Å². The van der Waals surface area contributed by atoms with Gasteiger partial charge in [-0.15, -0.1) is 0 Å². The molecule has 1 aromatic heterocycles. The number of ether oxygens (including phenoxy) is 1. The van der Waals surface area contributed by atoms with Gasteiger partial charge in [0, 0.05) is 11.1 Å². The van der Waals surface area contributed by atoms with Crippen LogP contribution in [0.15, 0.2) is 65.8 Å². The molecule has 0 spiro atoms. The Hall–Kier alpha value is -3.35. The number of nitrogens with one attached hydrogen (secondary N) is 2. The molecule has 0 saturated heterocycles. The average Bonchev–Trinajstić information content (AvgIpc) is 3.20. The summed E-state index contributed by atoms with van der Waals surface area (Å²) in [5.74, 6) is 0.822. The number of aromatic amines is 1. The monoisotopic (exact) mass is 452 g/mol. The van der Waals surface area contributed by atoms with Gasteiger partial charge < -0.3 is 9.72 Å². The maximum Gasteiger partial charge on any atom is 0.271 e. The number of rotatable bonds is 6. The van der Waals surface area contributed by atoms with Gasteiger partial charge in [-0.3, -0.25) is 4.79 Å². The molecule has 156 valence electrons. The lowest BCUT2D eigenvalue weighted by molar-refractivity contribution is 0.0955. The second-order valence-corrected chi connectivity index (χ2v) is 7.44. The molecular formula is C23H18Cl2N4O2. The minimum atomic E-state index is -0.350. The first kappa shape index (κ1) is 20.9. The summed E-state index contributed by atoms with van der Waals surface area (Å²) in [7, 11) is 0. The molecule has 1 amide bonds. The van der Waals surface area contributed by atoms with Crippen molar-refractivity contribution < 1.29 is 9.53 Å². The third-order valence-electron chi connectivity index (χ3n) is 4.48. The fourth-order valence-electron chi connectivity index (χ4n) is 3.05. The summed E-state index contributed by atoms with van der Waals surface area (Å²) in [6.45, 7) is 2.30. The van der Waals surface area contributed by atoms with E-state index in [0.29, 0.717) is 33.5 Å². The average molecular weight is 453 g/mol. The van der Waals surface area contributed by atoms with Gasteiger partial charge in [-0.25, -0.2) is 10.4 Å². The second-order valence-electron chi connectivity index (χ2n) is 6.63. The van der Waals surface area contributed by atoms with E-state index in [1.807, 2.05) is 37.3 Å². The zero-order valence-electron chi connectivity index (χ0n) is 16.5. The Kier molecular flexibility index (Phi) is 6.21. The van der Waals surface area contributed by atoms with Crippen LogP contribution in [0.4, 0.5) is 0 Å². The van der Waals surface area contributed by atoms with Crippen molar-refractivity contribution in [1.29, 1.82) is 0 Å². The van der Waals surface area contributed by atoms with E-state index in [4.69, 9.17) is 27.9 Å². The van der Waals surface area contributed by atoms with Crippen LogP contribution in [-0.4, -0.2) is 28.7 Å². The molecule has 0 aliphatic carbocycles. The molecule has 0 atom stereocenters. The van der Waals surface area contributed by atoms with Crippen LogP contribution in [0.25, 0.3) is 22.4 Å². The fraction of sp³-hybridized carbons (Fsp3) is 0.0870. The van der Waals surface area contributed by atoms with Crippen LogP contribution in [0.3, 0.4) is 0 Å². The van der Waals surface area contributed by atoms with Gasteiger partial charge in [-0.1, -0.05) is 53.5 Å². The minimum absolute atomic E-state index is 0.350.